The molecule has 0 N–H and O–H groups in total. The predicted octanol–water partition coefficient (Wildman–Crippen LogP) is 3.72. The van der Waals surface area contributed by atoms with Gasteiger partial charge in [0, 0.05) is 38.3 Å². The van der Waals surface area contributed by atoms with E-state index in [1.807, 2.05) is 18.2 Å². The molecule has 0 bridgehead atoms. The Morgan fingerprint density at radius 1 is 1.06 bits per heavy atom. The van der Waals surface area contributed by atoms with E-state index in [0.717, 1.165) is 56.1 Å². The largest absolute Gasteiger partial charge is 0.497 e. The maximum absolute atomic E-state index is 14.6. The number of alkyl halides is 2. The molecule has 1 aromatic heterocycles. The maximum atomic E-state index is 14.6. The van der Waals surface area contributed by atoms with E-state index in [-0.39, 0.29) is 11.6 Å². The minimum absolute atomic E-state index is 0.0734. The van der Waals surface area contributed by atoms with Crippen LogP contribution in [0.4, 0.5) is 19.2 Å². The Hall–Kier alpha value is -3.07. The topological polar surface area (TPSA) is 54.6 Å². The van der Waals surface area contributed by atoms with Crippen LogP contribution in [-0.4, -0.2) is 54.9 Å². The van der Waals surface area contributed by atoms with Gasteiger partial charge < -0.3 is 14.2 Å². The second-order valence-corrected chi connectivity index (χ2v) is 7.41. The lowest BCUT2D eigenvalue weighted by Gasteiger charge is -2.33. The van der Waals surface area contributed by atoms with Crippen molar-refractivity contribution in [1.29, 1.82) is 0 Å². The second-order valence-electron chi connectivity index (χ2n) is 7.41. The summed E-state index contributed by atoms with van der Waals surface area (Å²) in [6, 6.07) is 12.1. The zero-order valence-electron chi connectivity index (χ0n) is 17.1. The van der Waals surface area contributed by atoms with Gasteiger partial charge in [-0.2, -0.15) is 13.8 Å². The van der Waals surface area contributed by atoms with E-state index in [0.29, 0.717) is 13.1 Å². The third-order valence-corrected chi connectivity index (χ3v) is 5.40. The molecule has 1 fully saturated rings. The standard InChI is InChI=1S/C22H23F3N4O2/c1-30-19-4-2-3-16(15-19)9-10-28-11-13-29(14-12-28)21-26-20(27-31-21)22(24,25)17-5-7-18(23)8-6-17/h2-8,15H,9-14H2,1H3. The molecule has 0 spiro atoms. The van der Waals surface area contributed by atoms with Crippen LogP contribution in [0.5, 0.6) is 5.75 Å². The minimum atomic E-state index is -3.46. The van der Waals surface area contributed by atoms with Gasteiger partial charge >= 0.3 is 11.9 Å². The number of halogens is 3. The number of anilines is 1. The summed E-state index contributed by atoms with van der Waals surface area (Å²) >= 11 is 0. The van der Waals surface area contributed by atoms with Gasteiger partial charge in [0.15, 0.2) is 0 Å². The van der Waals surface area contributed by atoms with Crippen LogP contribution in [0.25, 0.3) is 0 Å². The summed E-state index contributed by atoms with van der Waals surface area (Å²) < 4.78 is 52.7. The summed E-state index contributed by atoms with van der Waals surface area (Å²) in [6.45, 7) is 3.61. The van der Waals surface area contributed by atoms with Gasteiger partial charge in [0.2, 0.25) is 5.82 Å². The monoisotopic (exact) mass is 432 g/mol. The predicted molar refractivity (Wildman–Crippen MR) is 109 cm³/mol. The van der Waals surface area contributed by atoms with Crippen molar-refractivity contribution in [1.82, 2.24) is 15.0 Å². The molecule has 164 valence electrons. The Morgan fingerprint density at radius 3 is 2.52 bits per heavy atom. The molecule has 0 amide bonds. The van der Waals surface area contributed by atoms with Crippen molar-refractivity contribution in [3.63, 3.8) is 0 Å². The van der Waals surface area contributed by atoms with Crippen molar-refractivity contribution in [2.45, 2.75) is 12.3 Å². The Balaban J connectivity index is 1.33. The van der Waals surface area contributed by atoms with Crippen molar-refractivity contribution in [2.24, 2.45) is 0 Å². The fourth-order valence-corrected chi connectivity index (χ4v) is 3.54. The highest BCUT2D eigenvalue weighted by atomic mass is 19.3. The van der Waals surface area contributed by atoms with Gasteiger partial charge in [0.1, 0.15) is 11.6 Å². The molecule has 3 aromatic rings. The summed E-state index contributed by atoms with van der Waals surface area (Å²) in [5, 5.41) is 3.48. The molecule has 2 heterocycles. The highest BCUT2D eigenvalue weighted by Gasteiger charge is 2.40. The fraction of sp³-hybridized carbons (Fsp3) is 0.364. The number of benzene rings is 2. The molecule has 31 heavy (non-hydrogen) atoms. The number of piperazine rings is 1. The van der Waals surface area contributed by atoms with E-state index in [2.05, 4.69) is 21.1 Å². The molecule has 9 heteroatoms. The average molecular weight is 432 g/mol. The molecule has 2 aromatic carbocycles. The molecule has 1 aliphatic rings. The first-order chi connectivity index (χ1) is 15.0. The smallest absolute Gasteiger partial charge is 0.335 e. The number of ether oxygens (including phenoxy) is 1. The summed E-state index contributed by atoms with van der Waals surface area (Å²) in [6.07, 6.45) is 0.895. The van der Waals surface area contributed by atoms with Gasteiger partial charge in [-0.15, -0.1) is 0 Å². The zero-order chi connectivity index (χ0) is 21.8. The molecule has 4 rings (SSSR count). The molecule has 0 saturated carbocycles. The molecule has 6 nitrogen and oxygen atoms in total. The lowest BCUT2D eigenvalue weighted by Crippen LogP contribution is -2.47. The molecular formula is C22H23F3N4O2. The van der Waals surface area contributed by atoms with Crippen LogP contribution in [0.3, 0.4) is 0 Å². The van der Waals surface area contributed by atoms with Gasteiger partial charge in [-0.05, 0) is 48.4 Å². The Morgan fingerprint density at radius 2 is 1.81 bits per heavy atom. The fourth-order valence-electron chi connectivity index (χ4n) is 3.54. The highest BCUT2D eigenvalue weighted by molar-refractivity contribution is 5.32. The van der Waals surface area contributed by atoms with Crippen molar-refractivity contribution in [3.8, 4) is 5.75 Å². The summed E-state index contributed by atoms with van der Waals surface area (Å²) in [5.41, 5.74) is 0.815. The van der Waals surface area contributed by atoms with Gasteiger partial charge in [0.25, 0.3) is 0 Å². The second kappa shape index (κ2) is 8.97. The molecular weight excluding hydrogens is 409 g/mol. The number of hydrogen-bond acceptors (Lipinski definition) is 6. The summed E-state index contributed by atoms with van der Waals surface area (Å²) in [7, 11) is 1.65. The molecule has 0 unspecified atom stereocenters. The average Bonchev–Trinajstić information content (AvgIpc) is 3.30. The van der Waals surface area contributed by atoms with Crippen LogP contribution in [0, 0.1) is 5.82 Å². The van der Waals surface area contributed by atoms with E-state index < -0.39 is 17.6 Å². The van der Waals surface area contributed by atoms with E-state index in [9.17, 15) is 13.2 Å². The Bertz CT molecular complexity index is 1000. The van der Waals surface area contributed by atoms with Gasteiger partial charge in [-0.1, -0.05) is 17.3 Å². The molecule has 1 saturated heterocycles. The number of hydrogen-bond donors (Lipinski definition) is 0. The SMILES string of the molecule is COc1cccc(CCN2CCN(c3nc(C(F)(F)c4ccc(F)cc4)no3)CC2)c1. The first kappa shape index (κ1) is 21.2. The van der Waals surface area contributed by atoms with Crippen molar-refractivity contribution in [3.05, 3.63) is 71.3 Å². The van der Waals surface area contributed by atoms with Crippen LogP contribution in [0.1, 0.15) is 17.0 Å². The molecule has 1 aliphatic heterocycles. The Kier molecular flexibility index (Phi) is 6.13. The van der Waals surface area contributed by atoms with Crippen molar-refractivity contribution in [2.75, 3.05) is 44.7 Å². The Labute approximate surface area is 178 Å². The summed E-state index contributed by atoms with van der Waals surface area (Å²) in [5.74, 6) is -3.94. The zero-order valence-corrected chi connectivity index (χ0v) is 17.1. The van der Waals surface area contributed by atoms with Gasteiger partial charge in [-0.3, -0.25) is 4.90 Å². The number of nitrogens with zero attached hydrogens (tertiary/aromatic N) is 4. The van der Waals surface area contributed by atoms with Gasteiger partial charge in [-0.25, -0.2) is 4.39 Å². The number of aromatic nitrogens is 2. The van der Waals surface area contributed by atoms with Gasteiger partial charge in [0.05, 0.1) is 7.11 Å². The van der Waals surface area contributed by atoms with Crippen LogP contribution in [-0.2, 0) is 12.3 Å². The molecule has 0 aliphatic carbocycles. The first-order valence-electron chi connectivity index (χ1n) is 10.0. The molecule has 0 radical (unpaired) electrons. The molecule has 0 atom stereocenters. The van der Waals surface area contributed by atoms with Crippen molar-refractivity contribution < 1.29 is 22.4 Å². The maximum Gasteiger partial charge on any atom is 0.335 e. The first-order valence-corrected chi connectivity index (χ1v) is 10.0. The lowest BCUT2D eigenvalue weighted by atomic mass is 10.1. The van der Waals surface area contributed by atoms with Crippen LogP contribution >= 0.6 is 0 Å². The van der Waals surface area contributed by atoms with Crippen LogP contribution in [0.15, 0.2) is 53.1 Å². The van der Waals surface area contributed by atoms with E-state index >= 15 is 0 Å². The van der Waals surface area contributed by atoms with E-state index in [1.165, 1.54) is 5.56 Å². The summed E-state index contributed by atoms with van der Waals surface area (Å²) in [4.78, 5) is 8.02. The van der Waals surface area contributed by atoms with Crippen LogP contribution in [0.2, 0.25) is 0 Å². The number of rotatable bonds is 7. The van der Waals surface area contributed by atoms with E-state index in [4.69, 9.17) is 9.26 Å². The third-order valence-electron chi connectivity index (χ3n) is 5.40. The highest BCUT2D eigenvalue weighted by Crippen LogP contribution is 2.34. The lowest BCUT2D eigenvalue weighted by molar-refractivity contribution is 0.0304. The normalized spacial score (nSPS) is 15.3. The number of methoxy groups -OCH3 is 1. The third kappa shape index (κ3) is 4.82. The van der Waals surface area contributed by atoms with Crippen LogP contribution < -0.4 is 9.64 Å². The minimum Gasteiger partial charge on any atom is -0.497 e. The van der Waals surface area contributed by atoms with Crippen molar-refractivity contribution >= 4 is 6.01 Å². The van der Waals surface area contributed by atoms with E-state index in [1.54, 1.807) is 12.0 Å². The quantitative estimate of drug-likeness (QED) is 0.567.